The molecule has 0 saturated carbocycles. The summed E-state index contributed by atoms with van der Waals surface area (Å²) in [5, 5.41) is 0. The summed E-state index contributed by atoms with van der Waals surface area (Å²) in [7, 11) is 0. The predicted molar refractivity (Wildman–Crippen MR) is 298 cm³/mol. The monoisotopic (exact) mass is 971 g/mol. The van der Waals surface area contributed by atoms with E-state index in [1.54, 1.807) is 0 Å². The lowest BCUT2D eigenvalue weighted by Crippen LogP contribution is -2.30. The van der Waals surface area contributed by atoms with Gasteiger partial charge < -0.3 is 14.2 Å². The molecule has 0 bridgehead atoms. The van der Waals surface area contributed by atoms with E-state index in [4.69, 9.17) is 14.2 Å². The van der Waals surface area contributed by atoms with E-state index in [1.807, 2.05) is 0 Å². The molecule has 6 heteroatoms. The van der Waals surface area contributed by atoms with Crippen LogP contribution < -0.4 is 0 Å². The number of hydrogen-bond donors (Lipinski definition) is 0. The molecule has 0 aromatic carbocycles. The van der Waals surface area contributed by atoms with Crippen molar-refractivity contribution in [3.05, 3.63) is 24.3 Å². The highest BCUT2D eigenvalue weighted by Crippen LogP contribution is 2.18. The fourth-order valence-corrected chi connectivity index (χ4v) is 9.23. The van der Waals surface area contributed by atoms with E-state index in [2.05, 4.69) is 45.1 Å². The molecule has 0 saturated heterocycles. The number of carbonyl (C=O) groups excluding carboxylic acids is 3. The van der Waals surface area contributed by atoms with Gasteiger partial charge in [-0.1, -0.05) is 289 Å². The van der Waals surface area contributed by atoms with Gasteiger partial charge in [0.05, 0.1) is 0 Å². The van der Waals surface area contributed by atoms with E-state index < -0.39 is 6.10 Å². The van der Waals surface area contributed by atoms with E-state index in [-0.39, 0.29) is 31.1 Å². The standard InChI is InChI=1S/C63H118O6/c1-4-7-10-13-16-19-22-23-24-25-26-27-28-29-30-31-32-33-34-35-36-37-38-39-42-44-47-50-53-56-62(65)68-59-60(69-63(66)57-54-51-48-45-41-21-18-15-12-9-6-3)58-67-61(64)55-52-49-46-43-40-20-17-14-11-8-5-2/h14-15,17-18,60H,4-13,16,19-59H2,1-3H3/b17-14-,18-15-. The van der Waals surface area contributed by atoms with Crippen LogP contribution in [0.5, 0.6) is 0 Å². The molecule has 0 spiro atoms. The van der Waals surface area contributed by atoms with Gasteiger partial charge in [0, 0.05) is 19.3 Å². The van der Waals surface area contributed by atoms with Crippen LogP contribution in [-0.4, -0.2) is 37.2 Å². The summed E-state index contributed by atoms with van der Waals surface area (Å²) in [6.07, 6.45) is 69.3. The number of esters is 3. The maximum atomic E-state index is 12.8. The van der Waals surface area contributed by atoms with Crippen molar-refractivity contribution in [1.29, 1.82) is 0 Å². The molecule has 6 nitrogen and oxygen atoms in total. The molecule has 0 heterocycles. The zero-order valence-corrected chi connectivity index (χ0v) is 46.6. The quantitative estimate of drug-likeness (QED) is 0.0261. The molecule has 406 valence electrons. The zero-order valence-electron chi connectivity index (χ0n) is 46.6. The molecule has 0 rings (SSSR count). The minimum Gasteiger partial charge on any atom is -0.462 e. The Hall–Kier alpha value is -2.11. The summed E-state index contributed by atoms with van der Waals surface area (Å²) in [4.78, 5) is 38.0. The molecule has 0 radical (unpaired) electrons. The fourth-order valence-electron chi connectivity index (χ4n) is 9.23. The van der Waals surface area contributed by atoms with E-state index in [0.29, 0.717) is 19.3 Å². The third-order valence-corrected chi connectivity index (χ3v) is 13.9. The minimum absolute atomic E-state index is 0.0733. The Morgan fingerprint density at radius 3 is 0.768 bits per heavy atom. The second-order valence-electron chi connectivity index (χ2n) is 21.0. The van der Waals surface area contributed by atoms with Gasteiger partial charge in [0.25, 0.3) is 0 Å². The lowest BCUT2D eigenvalue weighted by atomic mass is 10.0. The van der Waals surface area contributed by atoms with Crippen molar-refractivity contribution in [2.75, 3.05) is 13.2 Å². The summed E-state index contributed by atoms with van der Waals surface area (Å²) in [5.74, 6) is -0.876. The van der Waals surface area contributed by atoms with Crippen molar-refractivity contribution in [2.24, 2.45) is 0 Å². The van der Waals surface area contributed by atoms with E-state index in [0.717, 1.165) is 77.0 Å². The molecule has 69 heavy (non-hydrogen) atoms. The van der Waals surface area contributed by atoms with Crippen LogP contribution in [0.2, 0.25) is 0 Å². The highest BCUT2D eigenvalue weighted by Gasteiger charge is 2.19. The van der Waals surface area contributed by atoms with Crippen LogP contribution in [-0.2, 0) is 28.6 Å². The molecular formula is C63H118O6. The van der Waals surface area contributed by atoms with Gasteiger partial charge in [-0.3, -0.25) is 14.4 Å². The summed E-state index contributed by atoms with van der Waals surface area (Å²) in [6.45, 7) is 6.59. The zero-order chi connectivity index (χ0) is 50.0. The second kappa shape index (κ2) is 58.5. The molecule has 0 aromatic rings. The summed E-state index contributed by atoms with van der Waals surface area (Å²) >= 11 is 0. The lowest BCUT2D eigenvalue weighted by molar-refractivity contribution is -0.167. The van der Waals surface area contributed by atoms with Gasteiger partial charge in [-0.25, -0.2) is 0 Å². The van der Waals surface area contributed by atoms with Crippen molar-refractivity contribution >= 4 is 17.9 Å². The molecule has 0 aromatic heterocycles. The van der Waals surface area contributed by atoms with Crippen LogP contribution in [0.25, 0.3) is 0 Å². The lowest BCUT2D eigenvalue weighted by Gasteiger charge is -2.18. The van der Waals surface area contributed by atoms with Gasteiger partial charge in [-0.15, -0.1) is 0 Å². The Balaban J connectivity index is 4.03. The Bertz CT molecular complexity index is 1110. The Morgan fingerprint density at radius 1 is 0.275 bits per heavy atom. The van der Waals surface area contributed by atoms with E-state index in [9.17, 15) is 14.4 Å². The molecule has 0 amide bonds. The highest BCUT2D eigenvalue weighted by molar-refractivity contribution is 5.71. The van der Waals surface area contributed by atoms with Crippen LogP contribution in [0.4, 0.5) is 0 Å². The van der Waals surface area contributed by atoms with Crippen LogP contribution in [0.15, 0.2) is 24.3 Å². The Labute approximate surface area is 430 Å². The van der Waals surface area contributed by atoms with Gasteiger partial charge >= 0.3 is 17.9 Å². The smallest absolute Gasteiger partial charge is 0.306 e. The number of carbonyl (C=O) groups is 3. The first-order valence-electron chi connectivity index (χ1n) is 30.8. The maximum Gasteiger partial charge on any atom is 0.306 e. The first-order chi connectivity index (χ1) is 34.0. The molecular weight excluding hydrogens is 853 g/mol. The van der Waals surface area contributed by atoms with Crippen LogP contribution in [0.3, 0.4) is 0 Å². The van der Waals surface area contributed by atoms with Gasteiger partial charge in [-0.2, -0.15) is 0 Å². The van der Waals surface area contributed by atoms with Gasteiger partial charge in [-0.05, 0) is 57.8 Å². The summed E-state index contributed by atoms with van der Waals surface area (Å²) < 4.78 is 16.8. The third kappa shape index (κ3) is 56.7. The van der Waals surface area contributed by atoms with Crippen LogP contribution >= 0.6 is 0 Å². The van der Waals surface area contributed by atoms with Crippen molar-refractivity contribution in [3.8, 4) is 0 Å². The number of hydrogen-bond acceptors (Lipinski definition) is 6. The molecule has 0 N–H and O–H groups in total. The first kappa shape index (κ1) is 66.9. The van der Waals surface area contributed by atoms with E-state index >= 15 is 0 Å². The molecule has 0 fully saturated rings. The normalized spacial score (nSPS) is 12.1. The summed E-state index contributed by atoms with van der Waals surface area (Å²) in [5.41, 5.74) is 0. The van der Waals surface area contributed by atoms with Crippen molar-refractivity contribution < 1.29 is 28.6 Å². The first-order valence-corrected chi connectivity index (χ1v) is 30.8. The number of unbranched alkanes of at least 4 members (excludes halogenated alkanes) is 42. The number of rotatable bonds is 57. The molecule has 0 aliphatic heterocycles. The van der Waals surface area contributed by atoms with Gasteiger partial charge in [0.15, 0.2) is 6.10 Å². The molecule has 0 aliphatic carbocycles. The number of allylic oxidation sites excluding steroid dienone is 4. The van der Waals surface area contributed by atoms with E-state index in [1.165, 1.54) is 225 Å². The second-order valence-corrected chi connectivity index (χ2v) is 21.0. The Morgan fingerprint density at radius 2 is 0.493 bits per heavy atom. The predicted octanol–water partition coefficient (Wildman–Crippen LogP) is 20.7. The Kier molecular flexibility index (Phi) is 56.7. The number of ether oxygens (including phenoxy) is 3. The van der Waals surface area contributed by atoms with Crippen LogP contribution in [0, 0.1) is 0 Å². The third-order valence-electron chi connectivity index (χ3n) is 13.9. The maximum absolute atomic E-state index is 12.8. The molecule has 1 unspecified atom stereocenters. The van der Waals surface area contributed by atoms with Gasteiger partial charge in [0.1, 0.15) is 13.2 Å². The average Bonchev–Trinajstić information content (AvgIpc) is 3.35. The topological polar surface area (TPSA) is 78.9 Å². The molecule has 1 atom stereocenters. The fraction of sp³-hybridized carbons (Fsp3) is 0.889. The largest absolute Gasteiger partial charge is 0.462 e. The summed E-state index contributed by atoms with van der Waals surface area (Å²) in [6, 6.07) is 0. The van der Waals surface area contributed by atoms with Gasteiger partial charge in [0.2, 0.25) is 0 Å². The van der Waals surface area contributed by atoms with Crippen molar-refractivity contribution in [3.63, 3.8) is 0 Å². The minimum atomic E-state index is -0.774. The van der Waals surface area contributed by atoms with Crippen molar-refractivity contribution in [1.82, 2.24) is 0 Å². The average molecular weight is 972 g/mol. The van der Waals surface area contributed by atoms with Crippen molar-refractivity contribution in [2.45, 2.75) is 348 Å². The molecule has 0 aliphatic rings. The van der Waals surface area contributed by atoms with Crippen LogP contribution in [0.1, 0.15) is 342 Å². The SMILES string of the molecule is CCCC/C=C\CCCCCCCC(=O)OCC(COC(=O)CCCCCCCCCCCCCCCCCCCCCCCCCCCCCCC)OC(=O)CCCCCCC/C=C\CCCC. The highest BCUT2D eigenvalue weighted by atomic mass is 16.6.